The van der Waals surface area contributed by atoms with Crippen LogP contribution in [0.3, 0.4) is 0 Å². The highest BCUT2D eigenvalue weighted by Gasteiger charge is 2.23. The number of amides is 3. The second kappa shape index (κ2) is 15.2. The zero-order chi connectivity index (χ0) is 31.4. The lowest BCUT2D eigenvalue weighted by molar-refractivity contribution is -0.116. The minimum atomic E-state index is -0.536. The van der Waals surface area contributed by atoms with Gasteiger partial charge in [-0.3, -0.25) is 14.4 Å². The molecule has 0 aliphatic carbocycles. The summed E-state index contributed by atoms with van der Waals surface area (Å²) in [6.07, 6.45) is 1.63. The third-order valence-electron chi connectivity index (χ3n) is 6.68. The van der Waals surface area contributed by atoms with E-state index in [9.17, 15) is 14.4 Å². The van der Waals surface area contributed by atoms with Crippen molar-refractivity contribution in [2.45, 2.75) is 10.1 Å². The molecule has 3 N–H and O–H groups in total. The lowest BCUT2D eigenvalue weighted by Gasteiger charge is -2.18. The Hall–Kier alpha value is -5.60. The molecule has 0 fully saturated rings. The molecular formula is C37H31N3O4S. The molecule has 0 heterocycles. The highest BCUT2D eigenvalue weighted by Crippen LogP contribution is 2.37. The molecule has 0 spiro atoms. The van der Waals surface area contributed by atoms with Gasteiger partial charge in [-0.2, -0.15) is 0 Å². The predicted molar refractivity (Wildman–Crippen MR) is 180 cm³/mol. The molecule has 0 saturated heterocycles. The number of ether oxygens (including phenoxy) is 1. The van der Waals surface area contributed by atoms with Crippen LogP contribution in [0.4, 0.5) is 11.4 Å². The van der Waals surface area contributed by atoms with Crippen molar-refractivity contribution in [3.05, 3.63) is 162 Å². The fourth-order valence-corrected chi connectivity index (χ4v) is 5.44. The average Bonchev–Trinajstić information content (AvgIpc) is 3.08. The van der Waals surface area contributed by atoms with Gasteiger partial charge in [0, 0.05) is 27.9 Å². The van der Waals surface area contributed by atoms with E-state index in [1.54, 1.807) is 55.7 Å². The lowest BCUT2D eigenvalue weighted by Crippen LogP contribution is -2.30. The topological polar surface area (TPSA) is 96.5 Å². The largest absolute Gasteiger partial charge is 0.497 e. The number of carbonyl (C=O) groups is 3. The van der Waals surface area contributed by atoms with Crippen LogP contribution in [-0.2, 0) is 9.59 Å². The van der Waals surface area contributed by atoms with Crippen LogP contribution >= 0.6 is 11.8 Å². The molecule has 3 amide bonds. The summed E-state index contributed by atoms with van der Waals surface area (Å²) in [6, 6.07) is 42.0. The zero-order valence-electron chi connectivity index (χ0n) is 24.5. The van der Waals surface area contributed by atoms with Crippen molar-refractivity contribution >= 4 is 46.9 Å². The normalized spacial score (nSPS) is 11.6. The summed E-state index contributed by atoms with van der Waals surface area (Å²) in [5.41, 5.74) is 3.33. The van der Waals surface area contributed by atoms with Gasteiger partial charge in [0.05, 0.1) is 7.11 Å². The Morgan fingerprint density at radius 1 is 0.689 bits per heavy atom. The Bertz CT molecular complexity index is 1780. The van der Waals surface area contributed by atoms with Crippen molar-refractivity contribution in [2.24, 2.45) is 0 Å². The molecule has 1 unspecified atom stereocenters. The number of methoxy groups -OCH3 is 1. The van der Waals surface area contributed by atoms with Gasteiger partial charge in [-0.15, -0.1) is 11.8 Å². The van der Waals surface area contributed by atoms with Gasteiger partial charge in [0.15, 0.2) is 0 Å². The van der Waals surface area contributed by atoms with Crippen molar-refractivity contribution in [3.63, 3.8) is 0 Å². The van der Waals surface area contributed by atoms with Crippen molar-refractivity contribution in [2.75, 3.05) is 17.7 Å². The summed E-state index contributed by atoms with van der Waals surface area (Å²) < 4.78 is 5.29. The molecule has 0 aliphatic heterocycles. The number of benzene rings is 5. The molecule has 1 atom stereocenters. The van der Waals surface area contributed by atoms with Gasteiger partial charge in [0.1, 0.15) is 16.7 Å². The SMILES string of the molecule is COc1cccc(NC(=O)C(Sc2ccc(NC(=O)/C(=C/c3ccccc3)NC(=O)c3ccccc3)cc2)c2ccccc2)c1. The van der Waals surface area contributed by atoms with Crippen LogP contribution < -0.4 is 20.7 Å². The van der Waals surface area contributed by atoms with E-state index >= 15 is 0 Å². The molecular weight excluding hydrogens is 582 g/mol. The smallest absolute Gasteiger partial charge is 0.272 e. The van der Waals surface area contributed by atoms with Gasteiger partial charge in [-0.05, 0) is 65.7 Å². The molecule has 7 nitrogen and oxygen atoms in total. The first kappa shape index (κ1) is 30.8. The summed E-state index contributed by atoms with van der Waals surface area (Å²) in [7, 11) is 1.58. The minimum Gasteiger partial charge on any atom is -0.497 e. The van der Waals surface area contributed by atoms with Crippen LogP contribution in [0.2, 0.25) is 0 Å². The molecule has 0 saturated carbocycles. The molecule has 5 rings (SSSR count). The van der Waals surface area contributed by atoms with E-state index in [1.807, 2.05) is 97.1 Å². The quantitative estimate of drug-likeness (QED) is 0.105. The number of anilines is 2. The molecule has 5 aromatic rings. The van der Waals surface area contributed by atoms with E-state index in [-0.39, 0.29) is 17.5 Å². The van der Waals surface area contributed by atoms with Crippen LogP contribution in [-0.4, -0.2) is 24.8 Å². The van der Waals surface area contributed by atoms with Crippen molar-refractivity contribution in [3.8, 4) is 5.75 Å². The van der Waals surface area contributed by atoms with Gasteiger partial charge in [-0.1, -0.05) is 84.9 Å². The zero-order valence-corrected chi connectivity index (χ0v) is 25.3. The van der Waals surface area contributed by atoms with E-state index in [0.29, 0.717) is 22.7 Å². The number of hydrogen-bond donors (Lipinski definition) is 3. The highest BCUT2D eigenvalue weighted by atomic mass is 32.2. The van der Waals surface area contributed by atoms with Gasteiger partial charge < -0.3 is 20.7 Å². The second-order valence-corrected chi connectivity index (χ2v) is 11.1. The second-order valence-electron chi connectivity index (χ2n) is 9.90. The first-order chi connectivity index (χ1) is 22.0. The van der Waals surface area contributed by atoms with Crippen LogP contribution in [0.1, 0.15) is 26.7 Å². The standard InChI is InChI=1S/C37H31N3O4S/c1-44-31-19-11-18-30(25-31)39-37(43)34(27-14-7-3-8-15-27)45-32-22-20-29(21-23-32)38-36(42)33(24-26-12-5-2-6-13-26)40-35(41)28-16-9-4-10-17-28/h2-25,34H,1H3,(H,38,42)(H,39,43)(H,40,41)/b33-24-. The lowest BCUT2D eigenvalue weighted by atomic mass is 10.1. The van der Waals surface area contributed by atoms with Crippen molar-refractivity contribution in [1.29, 1.82) is 0 Å². The van der Waals surface area contributed by atoms with Crippen LogP contribution in [0.15, 0.2) is 150 Å². The number of rotatable bonds is 11. The summed E-state index contributed by atoms with van der Waals surface area (Å²) in [5.74, 6) is -0.389. The van der Waals surface area contributed by atoms with E-state index < -0.39 is 11.2 Å². The van der Waals surface area contributed by atoms with E-state index in [2.05, 4.69) is 16.0 Å². The first-order valence-electron chi connectivity index (χ1n) is 14.2. The Morgan fingerprint density at radius 2 is 1.33 bits per heavy atom. The van der Waals surface area contributed by atoms with Crippen molar-refractivity contribution in [1.82, 2.24) is 5.32 Å². The first-order valence-corrected chi connectivity index (χ1v) is 15.1. The number of nitrogens with one attached hydrogen (secondary N) is 3. The maximum Gasteiger partial charge on any atom is 0.272 e. The maximum atomic E-state index is 13.5. The van der Waals surface area contributed by atoms with E-state index in [4.69, 9.17) is 4.74 Å². The van der Waals surface area contributed by atoms with Crippen LogP contribution in [0, 0.1) is 0 Å². The summed E-state index contributed by atoms with van der Waals surface area (Å²) >= 11 is 1.40. The predicted octanol–water partition coefficient (Wildman–Crippen LogP) is 7.58. The highest BCUT2D eigenvalue weighted by molar-refractivity contribution is 8.00. The Morgan fingerprint density at radius 3 is 2.00 bits per heavy atom. The molecule has 8 heteroatoms. The Balaban J connectivity index is 1.31. The Labute approximate surface area is 266 Å². The van der Waals surface area contributed by atoms with Crippen molar-refractivity contribution < 1.29 is 19.1 Å². The minimum absolute atomic E-state index is 0.104. The molecule has 0 radical (unpaired) electrons. The molecule has 0 aliphatic rings. The molecule has 0 aromatic heterocycles. The monoisotopic (exact) mass is 613 g/mol. The third kappa shape index (κ3) is 8.72. The molecule has 224 valence electrons. The van der Waals surface area contributed by atoms with Crippen LogP contribution in [0.5, 0.6) is 5.75 Å². The summed E-state index contributed by atoms with van der Waals surface area (Å²) in [6.45, 7) is 0. The van der Waals surface area contributed by atoms with E-state index in [0.717, 1.165) is 16.0 Å². The maximum absolute atomic E-state index is 13.5. The average molecular weight is 614 g/mol. The fraction of sp³-hybridized carbons (Fsp3) is 0.0541. The molecule has 5 aromatic carbocycles. The van der Waals surface area contributed by atoms with E-state index in [1.165, 1.54) is 11.8 Å². The molecule has 45 heavy (non-hydrogen) atoms. The Kier molecular flexibility index (Phi) is 10.4. The number of hydrogen-bond acceptors (Lipinski definition) is 5. The molecule has 0 bridgehead atoms. The number of thioether (sulfide) groups is 1. The fourth-order valence-electron chi connectivity index (χ4n) is 4.42. The van der Waals surface area contributed by atoms with Gasteiger partial charge in [0.25, 0.3) is 11.8 Å². The van der Waals surface area contributed by atoms with Gasteiger partial charge >= 0.3 is 0 Å². The summed E-state index contributed by atoms with van der Waals surface area (Å²) in [4.78, 5) is 40.6. The van der Waals surface area contributed by atoms with Crippen LogP contribution in [0.25, 0.3) is 6.08 Å². The van der Waals surface area contributed by atoms with Gasteiger partial charge in [0.2, 0.25) is 5.91 Å². The summed E-state index contributed by atoms with van der Waals surface area (Å²) in [5, 5.41) is 8.09. The van der Waals surface area contributed by atoms with Gasteiger partial charge in [-0.25, -0.2) is 0 Å². The third-order valence-corrected chi connectivity index (χ3v) is 7.95. The number of carbonyl (C=O) groups excluding carboxylic acids is 3.